The third-order valence-electron chi connectivity index (χ3n) is 6.93. The van der Waals surface area contributed by atoms with E-state index >= 15 is 0 Å². The van der Waals surface area contributed by atoms with Crippen molar-refractivity contribution in [3.05, 3.63) is 42.0 Å². The molecular weight excluding hydrogens is 432 g/mol. The fraction of sp³-hybridized carbons (Fsp3) is 0.536. The predicted molar refractivity (Wildman–Crippen MR) is 128 cm³/mol. The second kappa shape index (κ2) is 12.4. The summed E-state index contributed by atoms with van der Waals surface area (Å²) in [4.78, 5) is 36.0. The van der Waals surface area contributed by atoms with E-state index in [9.17, 15) is 14.4 Å². The van der Waals surface area contributed by atoms with Crippen molar-refractivity contribution in [2.75, 3.05) is 6.79 Å². The van der Waals surface area contributed by atoms with Gasteiger partial charge in [0.25, 0.3) is 0 Å². The van der Waals surface area contributed by atoms with E-state index in [2.05, 4.69) is 18.4 Å². The van der Waals surface area contributed by atoms with Crippen molar-refractivity contribution in [1.82, 2.24) is 0 Å². The summed E-state index contributed by atoms with van der Waals surface area (Å²) >= 11 is 0. The molecule has 182 valence electrons. The average molecular weight is 467 g/mol. The van der Waals surface area contributed by atoms with Gasteiger partial charge in [0, 0.05) is 11.5 Å². The fourth-order valence-electron chi connectivity index (χ4n) is 4.97. The molecule has 0 unspecified atom stereocenters. The molecule has 0 saturated heterocycles. The topological polar surface area (TPSA) is 78.9 Å². The molecule has 0 aromatic heterocycles. The van der Waals surface area contributed by atoms with E-state index in [0.29, 0.717) is 17.6 Å². The monoisotopic (exact) mass is 466 g/mol. The molecule has 0 bridgehead atoms. The van der Waals surface area contributed by atoms with Crippen molar-refractivity contribution in [2.45, 2.75) is 65.2 Å². The van der Waals surface area contributed by atoms with Crippen LogP contribution in [-0.4, -0.2) is 24.7 Å². The molecule has 1 aromatic rings. The Labute approximate surface area is 202 Å². The summed E-state index contributed by atoms with van der Waals surface area (Å²) in [6.07, 6.45) is 8.81. The standard InChI is InChI=1S/C28H34O6/c1-4-5-20-6-8-21(9-7-20)22-10-12-24(13-11-22)28(31)34-25-16-14-23(15-17-25)27(30)33-18-32-26(29)19(2)3/h14-17,20-22,24H,2,6-13,18H2,1,3H3. The summed E-state index contributed by atoms with van der Waals surface area (Å²) in [5, 5.41) is 0. The fourth-order valence-corrected chi connectivity index (χ4v) is 4.97. The zero-order valence-electron chi connectivity index (χ0n) is 20.1. The van der Waals surface area contributed by atoms with Crippen molar-refractivity contribution in [3.63, 3.8) is 0 Å². The smallest absolute Gasteiger partial charge is 0.341 e. The first-order valence-electron chi connectivity index (χ1n) is 12.1. The molecule has 2 fully saturated rings. The van der Waals surface area contributed by atoms with Gasteiger partial charge in [-0.05, 0) is 101 Å². The van der Waals surface area contributed by atoms with E-state index in [1.807, 2.05) is 6.92 Å². The number of esters is 3. The van der Waals surface area contributed by atoms with Gasteiger partial charge in [0.1, 0.15) is 5.75 Å². The summed E-state index contributed by atoms with van der Waals surface area (Å²) in [6.45, 7) is 6.39. The van der Waals surface area contributed by atoms with Crippen LogP contribution in [0.25, 0.3) is 0 Å². The van der Waals surface area contributed by atoms with Crippen LogP contribution < -0.4 is 4.74 Å². The van der Waals surface area contributed by atoms with Gasteiger partial charge >= 0.3 is 17.9 Å². The number of carbonyl (C=O) groups is 3. The highest BCUT2D eigenvalue weighted by Crippen LogP contribution is 2.41. The van der Waals surface area contributed by atoms with Crippen LogP contribution >= 0.6 is 0 Å². The molecule has 6 heteroatoms. The molecule has 1 aromatic carbocycles. The SMILES string of the molecule is C=C(C)C(=O)OCOC(=O)c1ccc(OC(=O)C2CCC(C3CCC(C#CC)CC3)CC2)cc1. The molecule has 34 heavy (non-hydrogen) atoms. The first-order valence-corrected chi connectivity index (χ1v) is 12.1. The minimum Gasteiger partial charge on any atom is -0.426 e. The molecule has 0 amide bonds. The molecule has 0 spiro atoms. The molecule has 2 aliphatic carbocycles. The van der Waals surface area contributed by atoms with Gasteiger partial charge in [-0.25, -0.2) is 9.59 Å². The number of rotatable bonds is 7. The maximum atomic E-state index is 12.7. The highest BCUT2D eigenvalue weighted by molar-refractivity contribution is 5.90. The van der Waals surface area contributed by atoms with Gasteiger partial charge in [-0.3, -0.25) is 4.79 Å². The van der Waals surface area contributed by atoms with Crippen LogP contribution in [0.4, 0.5) is 0 Å². The third-order valence-corrected chi connectivity index (χ3v) is 6.93. The van der Waals surface area contributed by atoms with Crippen LogP contribution in [0.3, 0.4) is 0 Å². The number of hydrogen-bond acceptors (Lipinski definition) is 6. The molecule has 0 N–H and O–H groups in total. The molecule has 0 heterocycles. The normalized spacial score (nSPS) is 24.2. The minimum absolute atomic E-state index is 0.0776. The van der Waals surface area contributed by atoms with Gasteiger partial charge < -0.3 is 14.2 Å². The van der Waals surface area contributed by atoms with Gasteiger partial charge in [-0.2, -0.15) is 0 Å². The summed E-state index contributed by atoms with van der Waals surface area (Å²) in [6, 6.07) is 6.17. The van der Waals surface area contributed by atoms with E-state index < -0.39 is 18.7 Å². The largest absolute Gasteiger partial charge is 0.426 e. The maximum absolute atomic E-state index is 12.7. The van der Waals surface area contributed by atoms with Gasteiger partial charge in [-0.1, -0.05) is 6.58 Å². The van der Waals surface area contributed by atoms with Crippen molar-refractivity contribution in [1.29, 1.82) is 0 Å². The van der Waals surface area contributed by atoms with Gasteiger partial charge in [0.05, 0.1) is 11.5 Å². The molecule has 6 nitrogen and oxygen atoms in total. The van der Waals surface area contributed by atoms with Gasteiger partial charge in [0.15, 0.2) is 0 Å². The Kier molecular flexibility index (Phi) is 9.33. The summed E-state index contributed by atoms with van der Waals surface area (Å²) in [7, 11) is 0. The van der Waals surface area contributed by atoms with Crippen molar-refractivity contribution in [3.8, 4) is 17.6 Å². The maximum Gasteiger partial charge on any atom is 0.341 e. The van der Waals surface area contributed by atoms with E-state index in [-0.39, 0.29) is 23.0 Å². The highest BCUT2D eigenvalue weighted by atomic mass is 16.7. The Balaban J connectivity index is 1.40. The lowest BCUT2D eigenvalue weighted by atomic mass is 9.69. The van der Waals surface area contributed by atoms with E-state index in [4.69, 9.17) is 14.2 Å². The average Bonchev–Trinajstić information content (AvgIpc) is 2.85. The summed E-state index contributed by atoms with van der Waals surface area (Å²) in [5.41, 5.74) is 0.492. The lowest BCUT2D eigenvalue weighted by Crippen LogP contribution is -2.30. The molecule has 0 radical (unpaired) electrons. The lowest BCUT2D eigenvalue weighted by Gasteiger charge is -2.36. The second-order valence-electron chi connectivity index (χ2n) is 9.32. The van der Waals surface area contributed by atoms with Crippen LogP contribution in [0, 0.1) is 35.5 Å². The number of carbonyl (C=O) groups excluding carboxylic acids is 3. The zero-order chi connectivity index (χ0) is 24.5. The number of hydrogen-bond donors (Lipinski definition) is 0. The van der Waals surface area contributed by atoms with E-state index in [1.165, 1.54) is 44.7 Å². The lowest BCUT2D eigenvalue weighted by molar-refractivity contribution is -0.147. The molecule has 2 aliphatic rings. The van der Waals surface area contributed by atoms with Gasteiger partial charge in [-0.15, -0.1) is 11.8 Å². The van der Waals surface area contributed by atoms with Gasteiger partial charge in [0.2, 0.25) is 6.79 Å². The quantitative estimate of drug-likeness (QED) is 0.175. The van der Waals surface area contributed by atoms with Crippen LogP contribution in [0.1, 0.15) is 75.6 Å². The molecule has 0 aliphatic heterocycles. The zero-order valence-corrected chi connectivity index (χ0v) is 20.1. The second-order valence-corrected chi connectivity index (χ2v) is 9.32. The van der Waals surface area contributed by atoms with E-state index in [1.54, 1.807) is 12.1 Å². The van der Waals surface area contributed by atoms with Crippen LogP contribution in [-0.2, 0) is 19.1 Å². The summed E-state index contributed by atoms with van der Waals surface area (Å²) in [5.74, 6) is 7.26. The van der Waals surface area contributed by atoms with E-state index in [0.717, 1.165) is 31.6 Å². The molecule has 3 rings (SSSR count). The highest BCUT2D eigenvalue weighted by Gasteiger charge is 2.33. The van der Waals surface area contributed by atoms with Crippen molar-refractivity contribution in [2.24, 2.45) is 23.7 Å². The molecule has 2 saturated carbocycles. The predicted octanol–water partition coefficient (Wildman–Crippen LogP) is 5.46. The van der Waals surface area contributed by atoms with Crippen LogP contribution in [0.15, 0.2) is 36.4 Å². The van der Waals surface area contributed by atoms with Crippen LogP contribution in [0.2, 0.25) is 0 Å². The van der Waals surface area contributed by atoms with Crippen molar-refractivity contribution < 1.29 is 28.6 Å². The Morgan fingerprint density at radius 1 is 0.912 bits per heavy atom. The number of ether oxygens (including phenoxy) is 3. The number of benzene rings is 1. The van der Waals surface area contributed by atoms with Crippen LogP contribution in [0.5, 0.6) is 5.75 Å². The first-order chi connectivity index (χ1) is 16.4. The Bertz CT molecular complexity index is 935. The molecular formula is C28H34O6. The first kappa shape index (κ1) is 25.6. The summed E-state index contributed by atoms with van der Waals surface area (Å²) < 4.78 is 15.2. The minimum atomic E-state index is -0.638. The Morgan fingerprint density at radius 2 is 1.50 bits per heavy atom. The Hall–Kier alpha value is -3.07. The molecule has 0 atom stereocenters. The van der Waals surface area contributed by atoms with Crippen molar-refractivity contribution >= 4 is 17.9 Å². The Morgan fingerprint density at radius 3 is 2.06 bits per heavy atom. The third kappa shape index (κ3) is 7.21.